The second-order valence-corrected chi connectivity index (χ2v) is 7.83. The fourth-order valence-electron chi connectivity index (χ4n) is 2.99. The molecule has 0 aromatic heterocycles. The summed E-state index contributed by atoms with van der Waals surface area (Å²) in [4.78, 5) is 29.2. The molecule has 0 atom stereocenters. The summed E-state index contributed by atoms with van der Waals surface area (Å²) in [5, 5.41) is 0. The lowest BCUT2D eigenvalue weighted by atomic mass is 10.1. The van der Waals surface area contributed by atoms with Crippen LogP contribution in [0.4, 0.5) is 0 Å². The molecule has 1 heterocycles. The molecule has 0 bridgehead atoms. The van der Waals surface area contributed by atoms with Crippen molar-refractivity contribution in [2.24, 2.45) is 4.99 Å². The quantitative estimate of drug-likeness (QED) is 0.245. The molecule has 0 radical (unpaired) electrons. The van der Waals surface area contributed by atoms with Crippen molar-refractivity contribution in [3.8, 4) is 11.5 Å². The number of cyclic esters (lactones) is 1. The molecule has 0 saturated carbocycles. The predicted molar refractivity (Wildman–Crippen MR) is 129 cm³/mol. The van der Waals surface area contributed by atoms with Crippen molar-refractivity contribution in [3.05, 3.63) is 106 Å². The number of hydrogen-bond donors (Lipinski definition) is 0. The monoisotopic (exact) mass is 503 g/mol. The summed E-state index contributed by atoms with van der Waals surface area (Å²) in [7, 11) is 1.55. The minimum absolute atomic E-state index is 0.0996. The van der Waals surface area contributed by atoms with Gasteiger partial charge in [0.1, 0.15) is 11.5 Å². The second kappa shape index (κ2) is 10.1. The molecule has 4 rings (SSSR count). The van der Waals surface area contributed by atoms with Crippen molar-refractivity contribution in [2.75, 3.05) is 7.11 Å². The molecule has 0 amide bonds. The molecule has 0 fully saturated rings. The first-order valence-electron chi connectivity index (χ1n) is 9.93. The topological polar surface area (TPSA) is 74.2 Å². The van der Waals surface area contributed by atoms with Gasteiger partial charge in [0.2, 0.25) is 5.90 Å². The molecular formula is C26H18BrNO5. The molecule has 1 aliphatic rings. The average Bonchev–Trinajstić information content (AvgIpc) is 3.19. The van der Waals surface area contributed by atoms with Crippen LogP contribution in [0.3, 0.4) is 0 Å². The molecule has 7 heteroatoms. The molecule has 0 saturated heterocycles. The summed E-state index contributed by atoms with van der Waals surface area (Å²) in [6, 6.07) is 21.3. The molecule has 0 spiro atoms. The third-order valence-electron chi connectivity index (χ3n) is 4.65. The highest BCUT2D eigenvalue weighted by Crippen LogP contribution is 2.28. The Hall–Kier alpha value is -3.97. The standard InChI is InChI=1S/C26H18BrNO5/c1-31-21-11-8-18(9-12-21)25(29)32-23-13-10-20(27)15-19(23)16-22-26(30)33-24(28-22)14-7-17-5-3-2-4-6-17/h2-16H,1H3/b14-7+,22-16+. The number of carbonyl (C=O) groups is 2. The first-order valence-corrected chi connectivity index (χ1v) is 10.7. The van der Waals surface area contributed by atoms with Crippen LogP contribution in [0.25, 0.3) is 12.2 Å². The van der Waals surface area contributed by atoms with Crippen molar-refractivity contribution >= 4 is 45.9 Å². The third kappa shape index (κ3) is 5.64. The van der Waals surface area contributed by atoms with Gasteiger partial charge in [0.05, 0.1) is 12.7 Å². The fraction of sp³-hybridized carbons (Fsp3) is 0.0385. The van der Waals surface area contributed by atoms with Crippen LogP contribution in [-0.4, -0.2) is 24.9 Å². The molecular weight excluding hydrogens is 486 g/mol. The Morgan fingerprint density at radius 2 is 1.76 bits per heavy atom. The maximum absolute atomic E-state index is 12.6. The van der Waals surface area contributed by atoms with E-state index in [-0.39, 0.29) is 17.3 Å². The molecule has 0 aliphatic carbocycles. The Kier molecular flexibility index (Phi) is 6.80. The van der Waals surface area contributed by atoms with Crippen molar-refractivity contribution < 1.29 is 23.8 Å². The van der Waals surface area contributed by atoms with Crippen LogP contribution in [0.5, 0.6) is 11.5 Å². The minimum Gasteiger partial charge on any atom is -0.497 e. The number of nitrogens with zero attached hydrogens (tertiary/aromatic N) is 1. The summed E-state index contributed by atoms with van der Waals surface area (Å²) in [6.45, 7) is 0. The van der Waals surface area contributed by atoms with Gasteiger partial charge in [-0.05, 0) is 60.2 Å². The predicted octanol–water partition coefficient (Wildman–Crippen LogP) is 5.69. The number of esters is 2. The van der Waals surface area contributed by atoms with E-state index in [1.165, 1.54) is 6.08 Å². The van der Waals surface area contributed by atoms with Crippen LogP contribution < -0.4 is 9.47 Å². The maximum Gasteiger partial charge on any atom is 0.363 e. The number of hydrogen-bond acceptors (Lipinski definition) is 6. The highest BCUT2D eigenvalue weighted by molar-refractivity contribution is 9.10. The zero-order valence-electron chi connectivity index (χ0n) is 17.5. The van der Waals surface area contributed by atoms with Gasteiger partial charge < -0.3 is 14.2 Å². The largest absolute Gasteiger partial charge is 0.497 e. The molecule has 1 aliphatic heterocycles. The molecule has 6 nitrogen and oxygen atoms in total. The van der Waals surface area contributed by atoms with Crippen LogP contribution in [0.15, 0.2) is 94.0 Å². The summed E-state index contributed by atoms with van der Waals surface area (Å²) in [6.07, 6.45) is 4.95. The molecule has 3 aromatic rings. The van der Waals surface area contributed by atoms with Gasteiger partial charge in [-0.25, -0.2) is 14.6 Å². The Balaban J connectivity index is 1.57. The van der Waals surface area contributed by atoms with Crippen LogP contribution in [0, 0.1) is 0 Å². The van der Waals surface area contributed by atoms with Gasteiger partial charge in [0.15, 0.2) is 5.70 Å². The highest BCUT2D eigenvalue weighted by Gasteiger charge is 2.22. The second-order valence-electron chi connectivity index (χ2n) is 6.91. The van der Waals surface area contributed by atoms with E-state index in [2.05, 4.69) is 20.9 Å². The summed E-state index contributed by atoms with van der Waals surface area (Å²) in [5.74, 6) is -0.0289. The van der Waals surface area contributed by atoms with E-state index in [1.807, 2.05) is 30.3 Å². The number of rotatable bonds is 6. The lowest BCUT2D eigenvalue weighted by molar-refractivity contribution is -0.129. The average molecular weight is 504 g/mol. The highest BCUT2D eigenvalue weighted by atomic mass is 79.9. The van der Waals surface area contributed by atoms with E-state index in [0.717, 1.165) is 10.0 Å². The van der Waals surface area contributed by atoms with Gasteiger partial charge in [-0.15, -0.1) is 0 Å². The smallest absolute Gasteiger partial charge is 0.363 e. The van der Waals surface area contributed by atoms with E-state index >= 15 is 0 Å². The normalized spacial score (nSPS) is 14.3. The van der Waals surface area contributed by atoms with E-state index in [9.17, 15) is 9.59 Å². The molecule has 33 heavy (non-hydrogen) atoms. The van der Waals surface area contributed by atoms with E-state index < -0.39 is 11.9 Å². The Morgan fingerprint density at radius 1 is 1.00 bits per heavy atom. The number of ether oxygens (including phenoxy) is 3. The van der Waals surface area contributed by atoms with Gasteiger partial charge in [-0.1, -0.05) is 46.3 Å². The van der Waals surface area contributed by atoms with E-state index in [0.29, 0.717) is 16.9 Å². The summed E-state index contributed by atoms with van der Waals surface area (Å²) in [5.41, 5.74) is 1.91. The maximum atomic E-state index is 12.6. The van der Waals surface area contributed by atoms with Crippen LogP contribution in [0.2, 0.25) is 0 Å². The number of methoxy groups -OCH3 is 1. The van der Waals surface area contributed by atoms with Crippen LogP contribution >= 0.6 is 15.9 Å². The van der Waals surface area contributed by atoms with Gasteiger partial charge in [0, 0.05) is 16.1 Å². The van der Waals surface area contributed by atoms with Gasteiger partial charge in [-0.3, -0.25) is 0 Å². The number of benzene rings is 3. The van der Waals surface area contributed by atoms with Crippen molar-refractivity contribution in [1.82, 2.24) is 0 Å². The lowest BCUT2D eigenvalue weighted by Crippen LogP contribution is -2.09. The molecule has 3 aromatic carbocycles. The van der Waals surface area contributed by atoms with Gasteiger partial charge in [0.25, 0.3) is 0 Å². The Morgan fingerprint density at radius 3 is 2.48 bits per heavy atom. The zero-order valence-corrected chi connectivity index (χ0v) is 19.1. The lowest BCUT2D eigenvalue weighted by Gasteiger charge is -2.09. The van der Waals surface area contributed by atoms with Crippen molar-refractivity contribution in [3.63, 3.8) is 0 Å². The van der Waals surface area contributed by atoms with Crippen LogP contribution in [0.1, 0.15) is 21.5 Å². The zero-order chi connectivity index (χ0) is 23.2. The first-order chi connectivity index (χ1) is 16.0. The SMILES string of the molecule is COc1ccc(C(=O)Oc2ccc(Br)cc2/C=C2N=C(/C=C/c3ccccc3)OC/2=O)cc1. The van der Waals surface area contributed by atoms with Crippen molar-refractivity contribution in [1.29, 1.82) is 0 Å². The summed E-state index contributed by atoms with van der Waals surface area (Å²) >= 11 is 3.40. The number of carbonyl (C=O) groups excluding carboxylic acids is 2. The van der Waals surface area contributed by atoms with Gasteiger partial charge >= 0.3 is 11.9 Å². The van der Waals surface area contributed by atoms with Crippen molar-refractivity contribution in [2.45, 2.75) is 0 Å². The molecule has 0 unspecified atom stereocenters. The van der Waals surface area contributed by atoms with Gasteiger partial charge in [-0.2, -0.15) is 0 Å². The first kappa shape index (κ1) is 22.2. The summed E-state index contributed by atoms with van der Waals surface area (Å²) < 4.78 is 16.7. The minimum atomic E-state index is -0.588. The Labute approximate surface area is 199 Å². The van der Waals surface area contributed by atoms with Crippen LogP contribution in [-0.2, 0) is 9.53 Å². The van der Waals surface area contributed by atoms with E-state index in [1.54, 1.807) is 61.7 Å². The Bertz CT molecular complexity index is 1280. The molecule has 0 N–H and O–H groups in total. The third-order valence-corrected chi connectivity index (χ3v) is 5.14. The number of halogens is 1. The van der Waals surface area contributed by atoms with E-state index in [4.69, 9.17) is 14.2 Å². The molecule has 164 valence electrons. The fourth-order valence-corrected chi connectivity index (χ4v) is 3.37. The number of aliphatic imine (C=N–C) groups is 1.